The number of ether oxygens (including phenoxy) is 1. The predicted molar refractivity (Wildman–Crippen MR) is 76.9 cm³/mol. The number of amides is 1. The Labute approximate surface area is 114 Å². The largest absolute Gasteiger partial charge is 0.481 e. The third kappa shape index (κ3) is 6.32. The predicted octanol–water partition coefficient (Wildman–Crippen LogP) is 2.46. The van der Waals surface area contributed by atoms with Crippen LogP contribution in [0.2, 0.25) is 0 Å². The molecule has 0 aromatic heterocycles. The summed E-state index contributed by atoms with van der Waals surface area (Å²) in [5, 5.41) is 2.71. The zero-order chi connectivity index (χ0) is 13.9. The van der Waals surface area contributed by atoms with Gasteiger partial charge in [0.25, 0.3) is 0 Å². The first kappa shape index (κ1) is 14.8. The number of hydrogen-bond donors (Lipinski definition) is 1. The highest BCUT2D eigenvalue weighted by Crippen LogP contribution is 2.15. The van der Waals surface area contributed by atoms with E-state index in [0.717, 1.165) is 11.3 Å². The Morgan fingerprint density at radius 2 is 2.21 bits per heavy atom. The average Bonchev–Trinajstić information content (AvgIpc) is 2.42. The number of para-hydroxylation sites is 1. The molecule has 0 saturated carbocycles. The van der Waals surface area contributed by atoms with Gasteiger partial charge in [-0.05, 0) is 25.0 Å². The topological polar surface area (TPSA) is 38.3 Å². The lowest BCUT2D eigenvalue weighted by Crippen LogP contribution is -2.22. The van der Waals surface area contributed by atoms with Crippen LogP contribution in [-0.4, -0.2) is 19.1 Å². The minimum absolute atomic E-state index is 0.00554. The summed E-state index contributed by atoms with van der Waals surface area (Å²) in [6, 6.07) is 7.79. The van der Waals surface area contributed by atoms with E-state index in [0.29, 0.717) is 26.0 Å². The lowest BCUT2D eigenvalue weighted by Gasteiger charge is -2.04. The van der Waals surface area contributed by atoms with E-state index < -0.39 is 0 Å². The molecule has 0 radical (unpaired) electrons. The van der Waals surface area contributed by atoms with Crippen molar-refractivity contribution in [3.63, 3.8) is 0 Å². The van der Waals surface area contributed by atoms with Gasteiger partial charge in [-0.3, -0.25) is 4.79 Å². The lowest BCUT2D eigenvalue weighted by atomic mass is 10.2. The summed E-state index contributed by atoms with van der Waals surface area (Å²) in [4.78, 5) is 11.2. The molecule has 0 fully saturated rings. The van der Waals surface area contributed by atoms with Gasteiger partial charge in [-0.2, -0.15) is 0 Å². The van der Waals surface area contributed by atoms with Gasteiger partial charge in [-0.15, -0.1) is 6.58 Å². The summed E-state index contributed by atoms with van der Waals surface area (Å²) >= 11 is 0. The van der Waals surface area contributed by atoms with Crippen molar-refractivity contribution < 1.29 is 9.53 Å². The monoisotopic (exact) mass is 257 g/mol. The van der Waals surface area contributed by atoms with Crippen molar-refractivity contribution in [3.8, 4) is 17.6 Å². The Balaban J connectivity index is 2.20. The smallest absolute Gasteiger partial charge is 0.221 e. The second-order valence-corrected chi connectivity index (χ2v) is 4.01. The zero-order valence-corrected chi connectivity index (χ0v) is 11.2. The molecule has 1 aromatic carbocycles. The van der Waals surface area contributed by atoms with Gasteiger partial charge in [0.2, 0.25) is 5.91 Å². The molecule has 0 unspecified atom stereocenters. The molecule has 0 aliphatic carbocycles. The second-order valence-electron chi connectivity index (χ2n) is 4.01. The van der Waals surface area contributed by atoms with Gasteiger partial charge in [-0.1, -0.05) is 36.1 Å². The molecular weight excluding hydrogens is 238 g/mol. The van der Waals surface area contributed by atoms with E-state index in [-0.39, 0.29) is 5.91 Å². The molecule has 1 aromatic rings. The van der Waals surface area contributed by atoms with Crippen LogP contribution in [0.3, 0.4) is 0 Å². The van der Waals surface area contributed by atoms with Gasteiger partial charge in [0.05, 0.1) is 6.54 Å². The van der Waals surface area contributed by atoms with Crippen LogP contribution in [0, 0.1) is 18.8 Å². The van der Waals surface area contributed by atoms with Gasteiger partial charge in [-0.25, -0.2) is 0 Å². The molecule has 19 heavy (non-hydrogen) atoms. The molecule has 3 heteroatoms. The third-order valence-corrected chi connectivity index (χ3v) is 2.47. The quantitative estimate of drug-likeness (QED) is 0.628. The summed E-state index contributed by atoms with van der Waals surface area (Å²) in [6.45, 7) is 6.23. The van der Waals surface area contributed by atoms with Gasteiger partial charge in [0.1, 0.15) is 12.4 Å². The first-order chi connectivity index (χ1) is 9.24. The zero-order valence-electron chi connectivity index (χ0n) is 11.2. The fourth-order valence-electron chi connectivity index (χ4n) is 1.41. The Kier molecular flexibility index (Phi) is 6.89. The molecule has 1 N–H and O–H groups in total. The molecule has 0 saturated heterocycles. The van der Waals surface area contributed by atoms with Gasteiger partial charge < -0.3 is 10.1 Å². The van der Waals surface area contributed by atoms with Crippen molar-refractivity contribution in [3.05, 3.63) is 42.5 Å². The van der Waals surface area contributed by atoms with Crippen molar-refractivity contribution in [2.45, 2.75) is 19.8 Å². The van der Waals surface area contributed by atoms with Crippen LogP contribution in [0.25, 0.3) is 0 Å². The molecule has 0 aliphatic heterocycles. The lowest BCUT2D eigenvalue weighted by molar-refractivity contribution is -0.120. The molecule has 1 amide bonds. The molecule has 0 spiro atoms. The summed E-state index contributed by atoms with van der Waals surface area (Å²) in [7, 11) is 0. The van der Waals surface area contributed by atoms with Crippen LogP contribution in [0.15, 0.2) is 36.9 Å². The first-order valence-electron chi connectivity index (χ1n) is 6.25. The van der Waals surface area contributed by atoms with Gasteiger partial charge in [0.15, 0.2) is 0 Å². The molecule has 0 heterocycles. The Morgan fingerprint density at radius 1 is 1.42 bits per heavy atom. The number of rotatable bonds is 6. The van der Waals surface area contributed by atoms with E-state index in [2.05, 4.69) is 23.7 Å². The summed E-state index contributed by atoms with van der Waals surface area (Å²) < 4.78 is 5.51. The molecular formula is C16H19NO2. The van der Waals surface area contributed by atoms with Crippen molar-refractivity contribution in [2.24, 2.45) is 0 Å². The van der Waals surface area contributed by atoms with Crippen molar-refractivity contribution in [1.82, 2.24) is 5.32 Å². The van der Waals surface area contributed by atoms with Crippen LogP contribution in [0.1, 0.15) is 18.4 Å². The van der Waals surface area contributed by atoms with Crippen LogP contribution < -0.4 is 10.1 Å². The normalized spacial score (nSPS) is 9.11. The average molecular weight is 257 g/mol. The first-order valence-corrected chi connectivity index (χ1v) is 6.25. The van der Waals surface area contributed by atoms with Crippen molar-refractivity contribution in [1.29, 1.82) is 0 Å². The van der Waals surface area contributed by atoms with E-state index in [1.807, 2.05) is 31.2 Å². The standard InChI is InChI=1S/C16H19NO2/c1-3-4-11-16(18)17-12-7-8-13-19-15-10-6-5-9-14(15)2/h3,5-6,9-10H,1,4,11-13H2,2H3,(H,17,18). The highest BCUT2D eigenvalue weighted by Gasteiger charge is 1.96. The maximum atomic E-state index is 11.2. The Bertz CT molecular complexity index is 483. The molecule has 1 rings (SSSR count). The van der Waals surface area contributed by atoms with E-state index in [1.54, 1.807) is 6.08 Å². The number of aryl methyl sites for hydroxylation is 1. The van der Waals surface area contributed by atoms with E-state index in [9.17, 15) is 4.79 Å². The van der Waals surface area contributed by atoms with E-state index >= 15 is 0 Å². The van der Waals surface area contributed by atoms with Crippen LogP contribution in [0.5, 0.6) is 5.75 Å². The molecule has 0 atom stereocenters. The van der Waals surface area contributed by atoms with Crippen LogP contribution in [0.4, 0.5) is 0 Å². The summed E-state index contributed by atoms with van der Waals surface area (Å²) in [5.41, 5.74) is 1.09. The number of carbonyl (C=O) groups is 1. The number of nitrogens with one attached hydrogen (secondary N) is 1. The van der Waals surface area contributed by atoms with E-state index in [1.165, 1.54) is 0 Å². The van der Waals surface area contributed by atoms with Crippen LogP contribution in [-0.2, 0) is 4.79 Å². The van der Waals surface area contributed by atoms with Gasteiger partial charge >= 0.3 is 0 Å². The SMILES string of the molecule is C=CCCC(=O)NCC#CCOc1ccccc1C. The van der Waals surface area contributed by atoms with Crippen LogP contribution >= 0.6 is 0 Å². The maximum Gasteiger partial charge on any atom is 0.221 e. The molecule has 100 valence electrons. The number of hydrogen-bond acceptors (Lipinski definition) is 2. The summed E-state index contributed by atoms with van der Waals surface area (Å²) in [5.74, 6) is 6.55. The fourth-order valence-corrected chi connectivity index (χ4v) is 1.41. The highest BCUT2D eigenvalue weighted by molar-refractivity contribution is 5.76. The number of carbonyl (C=O) groups excluding carboxylic acids is 1. The minimum Gasteiger partial charge on any atom is -0.481 e. The second kappa shape index (κ2) is 8.82. The molecule has 0 bridgehead atoms. The number of allylic oxidation sites excluding steroid dienone is 1. The van der Waals surface area contributed by atoms with Crippen molar-refractivity contribution >= 4 is 5.91 Å². The van der Waals surface area contributed by atoms with Gasteiger partial charge in [0, 0.05) is 6.42 Å². The molecule has 0 aliphatic rings. The summed E-state index contributed by atoms with van der Waals surface area (Å²) in [6.07, 6.45) is 2.88. The number of benzene rings is 1. The van der Waals surface area contributed by atoms with Crippen molar-refractivity contribution in [2.75, 3.05) is 13.2 Å². The Morgan fingerprint density at radius 3 is 2.95 bits per heavy atom. The third-order valence-electron chi connectivity index (χ3n) is 2.47. The maximum absolute atomic E-state index is 11.2. The van der Waals surface area contributed by atoms with E-state index in [4.69, 9.17) is 4.74 Å². The Hall–Kier alpha value is -2.21. The molecule has 3 nitrogen and oxygen atoms in total. The fraction of sp³-hybridized carbons (Fsp3) is 0.312. The highest BCUT2D eigenvalue weighted by atomic mass is 16.5. The minimum atomic E-state index is -0.00554.